The fourth-order valence-corrected chi connectivity index (χ4v) is 1.64. The first-order chi connectivity index (χ1) is 8.61. The monoisotopic (exact) mass is 242 g/mol. The molecule has 1 aliphatic rings. The average molecular weight is 242 g/mol. The summed E-state index contributed by atoms with van der Waals surface area (Å²) in [6.07, 6.45) is 3.76. The zero-order valence-electron chi connectivity index (χ0n) is 9.67. The molecular formula is C14H10O4. The fourth-order valence-electron chi connectivity index (χ4n) is 1.64. The topological polar surface area (TPSA) is 60.4 Å². The molecule has 90 valence electrons. The number of ether oxygens (including phenoxy) is 1. The van der Waals surface area contributed by atoms with E-state index >= 15 is 0 Å². The summed E-state index contributed by atoms with van der Waals surface area (Å²) in [5, 5.41) is 0. The van der Waals surface area contributed by atoms with Crippen LogP contribution in [0.1, 0.15) is 15.9 Å². The number of allylic oxidation sites excluding steroid dienone is 4. The van der Waals surface area contributed by atoms with E-state index in [1.54, 1.807) is 24.3 Å². The average Bonchev–Trinajstić information content (AvgIpc) is 2.41. The lowest BCUT2D eigenvalue weighted by molar-refractivity contribution is -0.113. The Kier molecular flexibility index (Phi) is 3.19. The summed E-state index contributed by atoms with van der Waals surface area (Å²) >= 11 is 0. The molecule has 18 heavy (non-hydrogen) atoms. The fraction of sp³-hybridized carbons (Fsp3) is 0.0714. The Bertz CT molecular complexity index is 576. The highest BCUT2D eigenvalue weighted by atomic mass is 16.5. The summed E-state index contributed by atoms with van der Waals surface area (Å²) in [4.78, 5) is 34.1. The zero-order chi connectivity index (χ0) is 13.1. The van der Waals surface area contributed by atoms with Gasteiger partial charge in [-0.1, -0.05) is 12.1 Å². The maximum Gasteiger partial charge on any atom is 0.337 e. The summed E-state index contributed by atoms with van der Waals surface area (Å²) in [5.74, 6) is -0.886. The van der Waals surface area contributed by atoms with Crippen LogP contribution in [0.4, 0.5) is 0 Å². The van der Waals surface area contributed by atoms with Gasteiger partial charge in [-0.2, -0.15) is 0 Å². The summed E-state index contributed by atoms with van der Waals surface area (Å²) in [5.41, 5.74) is 1.33. The van der Waals surface area contributed by atoms with Crippen molar-refractivity contribution < 1.29 is 19.1 Å². The smallest absolute Gasteiger partial charge is 0.337 e. The van der Waals surface area contributed by atoms with E-state index in [-0.39, 0.29) is 11.6 Å². The van der Waals surface area contributed by atoms with Gasteiger partial charge in [0.1, 0.15) is 0 Å². The van der Waals surface area contributed by atoms with Gasteiger partial charge in [0.2, 0.25) is 0 Å². The number of methoxy groups -OCH3 is 1. The van der Waals surface area contributed by atoms with E-state index in [2.05, 4.69) is 4.74 Å². The van der Waals surface area contributed by atoms with Crippen LogP contribution in [0.3, 0.4) is 0 Å². The first-order valence-corrected chi connectivity index (χ1v) is 5.28. The number of benzene rings is 1. The van der Waals surface area contributed by atoms with Gasteiger partial charge in [-0.25, -0.2) is 4.79 Å². The maximum atomic E-state index is 11.6. The minimum Gasteiger partial charge on any atom is -0.465 e. The maximum absolute atomic E-state index is 11.6. The Morgan fingerprint density at radius 1 is 1.06 bits per heavy atom. The van der Waals surface area contributed by atoms with Crippen molar-refractivity contribution in [2.75, 3.05) is 7.11 Å². The number of hydrogen-bond acceptors (Lipinski definition) is 4. The number of hydrogen-bond donors (Lipinski definition) is 0. The number of ketones is 2. The number of esters is 1. The van der Waals surface area contributed by atoms with Crippen LogP contribution < -0.4 is 0 Å². The van der Waals surface area contributed by atoms with E-state index in [1.165, 1.54) is 25.3 Å². The van der Waals surface area contributed by atoms with Gasteiger partial charge in [-0.15, -0.1) is 0 Å². The van der Waals surface area contributed by atoms with Gasteiger partial charge in [-0.3, -0.25) is 9.59 Å². The molecule has 0 saturated heterocycles. The third-order valence-electron chi connectivity index (χ3n) is 2.57. The van der Waals surface area contributed by atoms with Gasteiger partial charge in [-0.05, 0) is 35.9 Å². The molecule has 1 aliphatic carbocycles. The normalized spacial score (nSPS) is 14.4. The van der Waals surface area contributed by atoms with Crippen molar-refractivity contribution >= 4 is 23.1 Å². The molecule has 2 rings (SSSR count). The van der Waals surface area contributed by atoms with Gasteiger partial charge in [0.25, 0.3) is 0 Å². The van der Waals surface area contributed by atoms with Gasteiger partial charge < -0.3 is 4.74 Å². The van der Waals surface area contributed by atoms with Crippen LogP contribution in [0.25, 0.3) is 5.57 Å². The summed E-state index contributed by atoms with van der Waals surface area (Å²) in [6, 6.07) is 6.33. The lowest BCUT2D eigenvalue weighted by Crippen LogP contribution is -2.07. The molecule has 0 N–H and O–H groups in total. The van der Waals surface area contributed by atoms with Crippen molar-refractivity contribution in [1.82, 2.24) is 0 Å². The highest BCUT2D eigenvalue weighted by molar-refractivity contribution is 6.33. The summed E-state index contributed by atoms with van der Waals surface area (Å²) < 4.78 is 4.57. The van der Waals surface area contributed by atoms with Crippen molar-refractivity contribution in [3.8, 4) is 0 Å². The van der Waals surface area contributed by atoms with Crippen molar-refractivity contribution in [2.45, 2.75) is 0 Å². The lowest BCUT2D eigenvalue weighted by Gasteiger charge is -2.07. The molecule has 0 aromatic heterocycles. The van der Waals surface area contributed by atoms with Crippen LogP contribution in [0, 0.1) is 0 Å². The first kappa shape index (κ1) is 12.0. The van der Waals surface area contributed by atoms with Crippen molar-refractivity contribution in [3.05, 3.63) is 53.6 Å². The Labute approximate surface area is 104 Å². The Morgan fingerprint density at radius 2 is 1.72 bits per heavy atom. The van der Waals surface area contributed by atoms with E-state index in [1.807, 2.05) is 0 Å². The SMILES string of the molecule is COC(=O)c1ccc(C2=CC(=O)C=CC2=O)cc1. The molecule has 4 nitrogen and oxygen atoms in total. The Morgan fingerprint density at radius 3 is 2.33 bits per heavy atom. The molecule has 0 radical (unpaired) electrons. The van der Waals surface area contributed by atoms with Crippen LogP contribution >= 0.6 is 0 Å². The minimum atomic E-state index is -0.443. The van der Waals surface area contributed by atoms with E-state index < -0.39 is 5.97 Å². The largest absolute Gasteiger partial charge is 0.465 e. The van der Waals surface area contributed by atoms with Crippen LogP contribution in [0.2, 0.25) is 0 Å². The van der Waals surface area contributed by atoms with Gasteiger partial charge >= 0.3 is 5.97 Å². The predicted octanol–water partition coefficient (Wildman–Crippen LogP) is 1.56. The second-order valence-corrected chi connectivity index (χ2v) is 3.73. The molecule has 0 unspecified atom stereocenters. The number of rotatable bonds is 2. The van der Waals surface area contributed by atoms with Crippen LogP contribution in [0.15, 0.2) is 42.5 Å². The van der Waals surface area contributed by atoms with Gasteiger partial charge in [0.05, 0.1) is 12.7 Å². The number of carbonyl (C=O) groups excluding carboxylic acids is 3. The molecule has 0 heterocycles. The first-order valence-electron chi connectivity index (χ1n) is 5.28. The molecule has 0 fully saturated rings. The minimum absolute atomic E-state index is 0.221. The second kappa shape index (κ2) is 4.79. The summed E-state index contributed by atoms with van der Waals surface area (Å²) in [6.45, 7) is 0. The molecule has 4 heteroatoms. The standard InChI is InChI=1S/C14H10O4/c1-18-14(17)10-4-2-9(3-5-10)12-8-11(15)6-7-13(12)16/h2-8H,1H3. The van der Waals surface area contributed by atoms with E-state index in [4.69, 9.17) is 0 Å². The molecule has 0 spiro atoms. The molecular weight excluding hydrogens is 232 g/mol. The van der Waals surface area contributed by atoms with Crippen molar-refractivity contribution in [3.63, 3.8) is 0 Å². The molecule has 0 atom stereocenters. The van der Waals surface area contributed by atoms with E-state index in [9.17, 15) is 14.4 Å². The predicted molar refractivity (Wildman–Crippen MR) is 64.9 cm³/mol. The van der Waals surface area contributed by atoms with Crippen molar-refractivity contribution in [2.24, 2.45) is 0 Å². The third-order valence-corrected chi connectivity index (χ3v) is 2.57. The van der Waals surface area contributed by atoms with Gasteiger partial charge in [0.15, 0.2) is 11.6 Å². The third kappa shape index (κ3) is 2.27. The Hall–Kier alpha value is -2.49. The quantitative estimate of drug-likeness (QED) is 0.583. The Balaban J connectivity index is 2.33. The lowest BCUT2D eigenvalue weighted by atomic mass is 9.96. The number of carbonyl (C=O) groups is 3. The van der Waals surface area contributed by atoms with Crippen LogP contribution in [0.5, 0.6) is 0 Å². The second-order valence-electron chi connectivity index (χ2n) is 3.73. The molecule has 0 saturated carbocycles. The van der Waals surface area contributed by atoms with E-state index in [0.717, 1.165) is 0 Å². The molecule has 0 aliphatic heterocycles. The van der Waals surface area contributed by atoms with Crippen molar-refractivity contribution in [1.29, 1.82) is 0 Å². The summed E-state index contributed by atoms with van der Waals surface area (Å²) in [7, 11) is 1.30. The molecule has 0 bridgehead atoms. The zero-order valence-corrected chi connectivity index (χ0v) is 9.67. The molecule has 1 aromatic carbocycles. The highest BCUT2D eigenvalue weighted by Gasteiger charge is 2.15. The molecule has 0 amide bonds. The van der Waals surface area contributed by atoms with Crippen LogP contribution in [-0.4, -0.2) is 24.6 Å². The van der Waals surface area contributed by atoms with E-state index in [0.29, 0.717) is 16.7 Å². The highest BCUT2D eigenvalue weighted by Crippen LogP contribution is 2.19. The molecule has 1 aromatic rings. The van der Waals surface area contributed by atoms with Crippen LogP contribution in [-0.2, 0) is 14.3 Å². The van der Waals surface area contributed by atoms with Gasteiger partial charge in [0, 0.05) is 5.57 Å².